The van der Waals surface area contributed by atoms with E-state index in [1.165, 1.54) is 0 Å². The summed E-state index contributed by atoms with van der Waals surface area (Å²) in [5.74, 6) is -3.69. The van der Waals surface area contributed by atoms with Crippen molar-refractivity contribution in [3.63, 3.8) is 0 Å². The lowest BCUT2D eigenvalue weighted by Crippen LogP contribution is -2.27. The summed E-state index contributed by atoms with van der Waals surface area (Å²) < 4.78 is 42.4. The van der Waals surface area contributed by atoms with Crippen LogP contribution in [0.15, 0.2) is 33.3 Å². The number of halogens is 4. The molecule has 106 valence electrons. The van der Waals surface area contributed by atoms with Gasteiger partial charge in [-0.05, 0) is 19.1 Å². The zero-order valence-corrected chi connectivity index (χ0v) is 11.7. The molecule has 4 nitrogen and oxygen atoms in total. The molecule has 20 heavy (non-hydrogen) atoms. The fourth-order valence-electron chi connectivity index (χ4n) is 1.52. The minimum atomic E-state index is -4.93. The Morgan fingerprint density at radius 3 is 2.60 bits per heavy atom. The highest BCUT2D eigenvalue weighted by molar-refractivity contribution is 9.10. The third-order valence-corrected chi connectivity index (χ3v) is 3.29. The number of hydrogen-bond acceptors (Lipinski definition) is 4. The van der Waals surface area contributed by atoms with Gasteiger partial charge in [-0.15, -0.1) is 0 Å². The van der Waals surface area contributed by atoms with Gasteiger partial charge in [0.05, 0.1) is 0 Å². The molecule has 0 aliphatic heterocycles. The molecule has 1 aromatic carbocycles. The van der Waals surface area contributed by atoms with Gasteiger partial charge in [-0.2, -0.15) is 18.2 Å². The van der Waals surface area contributed by atoms with E-state index in [-0.39, 0.29) is 11.7 Å². The lowest BCUT2D eigenvalue weighted by molar-refractivity contribution is -0.172. The maximum atomic E-state index is 12.3. The van der Waals surface area contributed by atoms with E-state index in [9.17, 15) is 18.0 Å². The average molecular weight is 349 g/mol. The average Bonchev–Trinajstić information content (AvgIpc) is 2.86. The zero-order chi connectivity index (χ0) is 14.9. The zero-order valence-electron chi connectivity index (χ0n) is 10.1. The molecule has 0 aliphatic carbocycles. The number of nitrogens with zero attached hydrogens (tertiary/aromatic N) is 2. The molecule has 0 spiro atoms. The monoisotopic (exact) mass is 348 g/mol. The van der Waals surface area contributed by atoms with E-state index in [2.05, 4.69) is 26.1 Å². The molecule has 2 aromatic rings. The van der Waals surface area contributed by atoms with Crippen LogP contribution in [0.3, 0.4) is 0 Å². The Bertz CT molecular complexity index is 640. The summed E-state index contributed by atoms with van der Waals surface area (Å²) in [6.45, 7) is 1.08. The van der Waals surface area contributed by atoms with E-state index < -0.39 is 17.9 Å². The molecule has 0 fully saturated rings. The van der Waals surface area contributed by atoms with E-state index >= 15 is 0 Å². The largest absolute Gasteiger partial charge is 0.450 e. The number of hydrogen-bond donors (Lipinski definition) is 0. The molecule has 0 radical (unpaired) electrons. The summed E-state index contributed by atoms with van der Waals surface area (Å²) in [7, 11) is 0. The van der Waals surface area contributed by atoms with Gasteiger partial charge in [-0.3, -0.25) is 4.79 Å². The summed E-state index contributed by atoms with van der Waals surface area (Å²) >= 11 is 3.27. The van der Waals surface area contributed by atoms with Gasteiger partial charge >= 0.3 is 6.18 Å². The summed E-state index contributed by atoms with van der Waals surface area (Å²) in [5.41, 5.74) is 0.564. The van der Waals surface area contributed by atoms with Crippen LogP contribution in [0.1, 0.15) is 18.7 Å². The van der Waals surface area contributed by atoms with Crippen LogP contribution in [0.2, 0.25) is 0 Å². The minimum Gasteiger partial charge on any atom is -0.338 e. The molecular weight excluding hydrogens is 341 g/mol. The fraction of sp³-hybridized carbons (Fsp3) is 0.250. The summed E-state index contributed by atoms with van der Waals surface area (Å²) in [5, 5.41) is 3.60. The second-order valence-electron chi connectivity index (χ2n) is 4.02. The fourth-order valence-corrected chi connectivity index (χ4v) is 1.98. The number of carbonyl (C=O) groups excluding carboxylic acids is 1. The van der Waals surface area contributed by atoms with Crippen LogP contribution < -0.4 is 0 Å². The maximum absolute atomic E-state index is 12.3. The summed E-state index contributed by atoms with van der Waals surface area (Å²) in [4.78, 5) is 15.0. The number of Topliss-reactive ketones (excluding diaryl/α,β-unsaturated/α-hetero) is 1. The summed E-state index contributed by atoms with van der Waals surface area (Å²) in [6, 6.07) is 6.90. The smallest absolute Gasteiger partial charge is 0.338 e. The molecule has 1 unspecified atom stereocenters. The van der Waals surface area contributed by atoms with Crippen molar-refractivity contribution in [2.45, 2.75) is 19.0 Å². The molecule has 1 atom stereocenters. The Kier molecular flexibility index (Phi) is 3.94. The molecule has 1 aromatic heterocycles. The van der Waals surface area contributed by atoms with Crippen molar-refractivity contribution in [2.24, 2.45) is 0 Å². The van der Waals surface area contributed by atoms with E-state index in [1.54, 1.807) is 24.3 Å². The first-order chi connectivity index (χ1) is 9.30. The highest BCUT2D eigenvalue weighted by atomic mass is 79.9. The van der Waals surface area contributed by atoms with Gasteiger partial charge in [0.1, 0.15) is 5.92 Å². The van der Waals surface area contributed by atoms with Crippen LogP contribution in [-0.2, 0) is 4.79 Å². The number of rotatable bonds is 3. The molecule has 0 saturated heterocycles. The third-order valence-electron chi connectivity index (χ3n) is 2.60. The Hall–Kier alpha value is -1.70. The van der Waals surface area contributed by atoms with Crippen molar-refractivity contribution in [3.8, 4) is 11.4 Å². The highest BCUT2D eigenvalue weighted by Gasteiger charge is 2.44. The molecule has 2 rings (SSSR count). The van der Waals surface area contributed by atoms with Gasteiger partial charge in [0.15, 0.2) is 0 Å². The molecule has 0 aliphatic rings. The standard InChI is InChI=1S/C12H8BrF3N2O2/c1-6(9(19)12(14,15)16)11-17-10(18-20-11)7-4-2-3-5-8(7)13/h2-6H,1H3. The molecule has 0 saturated carbocycles. The van der Waals surface area contributed by atoms with E-state index in [0.29, 0.717) is 10.0 Å². The SMILES string of the molecule is CC(C(=O)C(F)(F)F)c1nc(-c2ccccc2Br)no1. The lowest BCUT2D eigenvalue weighted by Gasteiger charge is -2.08. The van der Waals surface area contributed by atoms with Crippen molar-refractivity contribution in [2.75, 3.05) is 0 Å². The quantitative estimate of drug-likeness (QED) is 0.847. The molecule has 0 bridgehead atoms. The number of alkyl halides is 3. The Balaban J connectivity index is 2.30. The molecule has 0 N–H and O–H groups in total. The van der Waals surface area contributed by atoms with Crippen LogP contribution in [0.4, 0.5) is 13.2 Å². The van der Waals surface area contributed by atoms with Gasteiger partial charge < -0.3 is 4.52 Å². The van der Waals surface area contributed by atoms with Gasteiger partial charge in [0, 0.05) is 10.0 Å². The van der Waals surface area contributed by atoms with E-state index in [0.717, 1.165) is 6.92 Å². The van der Waals surface area contributed by atoms with E-state index in [1.807, 2.05) is 0 Å². The van der Waals surface area contributed by atoms with Gasteiger partial charge in [-0.1, -0.05) is 33.2 Å². The molecule has 1 heterocycles. The van der Waals surface area contributed by atoms with Crippen LogP contribution >= 0.6 is 15.9 Å². The topological polar surface area (TPSA) is 56.0 Å². The predicted octanol–water partition coefficient (Wildman–Crippen LogP) is 3.73. The first kappa shape index (κ1) is 14.7. The first-order valence-corrected chi connectivity index (χ1v) is 6.29. The predicted molar refractivity (Wildman–Crippen MR) is 66.9 cm³/mol. The van der Waals surface area contributed by atoms with Crippen molar-refractivity contribution in [1.29, 1.82) is 0 Å². The van der Waals surface area contributed by atoms with Crippen LogP contribution in [0.25, 0.3) is 11.4 Å². The van der Waals surface area contributed by atoms with Gasteiger partial charge in [0.2, 0.25) is 17.5 Å². The van der Waals surface area contributed by atoms with E-state index in [4.69, 9.17) is 4.52 Å². The third kappa shape index (κ3) is 2.90. The number of carbonyl (C=O) groups is 1. The first-order valence-electron chi connectivity index (χ1n) is 5.50. The summed E-state index contributed by atoms with van der Waals surface area (Å²) in [6.07, 6.45) is -4.93. The Morgan fingerprint density at radius 1 is 1.35 bits per heavy atom. The number of aromatic nitrogens is 2. The molecule has 0 amide bonds. The lowest BCUT2D eigenvalue weighted by atomic mass is 10.1. The Morgan fingerprint density at radius 2 is 2.00 bits per heavy atom. The second-order valence-corrected chi connectivity index (χ2v) is 4.87. The van der Waals surface area contributed by atoms with Gasteiger partial charge in [-0.25, -0.2) is 0 Å². The minimum absolute atomic E-state index is 0.120. The maximum Gasteiger partial charge on any atom is 0.450 e. The van der Waals surface area contributed by atoms with Crippen LogP contribution in [0, 0.1) is 0 Å². The second kappa shape index (κ2) is 5.35. The Labute approximate surface area is 120 Å². The number of benzene rings is 1. The number of ketones is 1. The van der Waals surface area contributed by atoms with Gasteiger partial charge in [0.25, 0.3) is 0 Å². The van der Waals surface area contributed by atoms with Crippen LogP contribution in [0.5, 0.6) is 0 Å². The molecule has 8 heteroatoms. The highest BCUT2D eigenvalue weighted by Crippen LogP contribution is 2.29. The van der Waals surface area contributed by atoms with Crippen molar-refractivity contribution < 1.29 is 22.5 Å². The van der Waals surface area contributed by atoms with Crippen LogP contribution in [-0.4, -0.2) is 22.1 Å². The normalized spacial score (nSPS) is 13.2. The molecular formula is C12H8BrF3N2O2. The van der Waals surface area contributed by atoms with Crippen molar-refractivity contribution in [3.05, 3.63) is 34.6 Å². The van der Waals surface area contributed by atoms with Crippen molar-refractivity contribution in [1.82, 2.24) is 10.1 Å². The van der Waals surface area contributed by atoms with Crippen molar-refractivity contribution >= 4 is 21.7 Å².